The topological polar surface area (TPSA) is 60.8 Å². The smallest absolute Gasteiger partial charge is 0.162 e. The second kappa shape index (κ2) is 7.04. The van der Waals surface area contributed by atoms with E-state index < -0.39 is 0 Å². The van der Waals surface area contributed by atoms with Gasteiger partial charge in [-0.2, -0.15) is 0 Å². The molecule has 4 nitrogen and oxygen atoms in total. The molecule has 0 saturated heterocycles. The van der Waals surface area contributed by atoms with E-state index in [9.17, 15) is 4.79 Å². The fraction of sp³-hybridized carbons (Fsp3) is 0.462. The fourth-order valence-electron chi connectivity index (χ4n) is 1.69. The number of carbonyl (C=O) groups excluding carboxylic acids is 1. The van der Waals surface area contributed by atoms with Gasteiger partial charge in [0.25, 0.3) is 0 Å². The van der Waals surface area contributed by atoms with Gasteiger partial charge in [0.1, 0.15) is 0 Å². The van der Waals surface area contributed by atoms with Gasteiger partial charge < -0.3 is 15.1 Å². The highest BCUT2D eigenvalue weighted by Crippen LogP contribution is 2.16. The summed E-state index contributed by atoms with van der Waals surface area (Å²) in [6.45, 7) is 2.76. The van der Waals surface area contributed by atoms with Crippen LogP contribution in [-0.4, -0.2) is 42.3 Å². The van der Waals surface area contributed by atoms with Crippen molar-refractivity contribution in [2.75, 3.05) is 31.2 Å². The maximum absolute atomic E-state index is 11.6. The van der Waals surface area contributed by atoms with E-state index in [1.807, 2.05) is 24.0 Å². The van der Waals surface area contributed by atoms with Gasteiger partial charge in [-0.1, -0.05) is 19.1 Å². The second-order valence-corrected chi connectivity index (χ2v) is 3.76. The van der Waals surface area contributed by atoms with E-state index in [0.29, 0.717) is 25.1 Å². The van der Waals surface area contributed by atoms with E-state index in [2.05, 4.69) is 0 Å². The number of hydrogen-bond acceptors (Lipinski definition) is 4. The molecule has 2 N–H and O–H groups in total. The van der Waals surface area contributed by atoms with Crippen LogP contribution in [0.25, 0.3) is 0 Å². The zero-order valence-corrected chi connectivity index (χ0v) is 10.1. The van der Waals surface area contributed by atoms with E-state index in [4.69, 9.17) is 10.2 Å². The molecule has 17 heavy (non-hydrogen) atoms. The van der Waals surface area contributed by atoms with Crippen molar-refractivity contribution >= 4 is 11.5 Å². The number of benzene rings is 1. The van der Waals surface area contributed by atoms with E-state index in [-0.39, 0.29) is 19.0 Å². The summed E-state index contributed by atoms with van der Waals surface area (Å²) in [6.07, 6.45) is 0.476. The van der Waals surface area contributed by atoms with Crippen LogP contribution in [0.1, 0.15) is 23.7 Å². The lowest BCUT2D eigenvalue weighted by Gasteiger charge is -2.23. The fourth-order valence-corrected chi connectivity index (χ4v) is 1.69. The Hall–Kier alpha value is -1.39. The van der Waals surface area contributed by atoms with Crippen LogP contribution in [0.5, 0.6) is 0 Å². The first kappa shape index (κ1) is 13.7. The van der Waals surface area contributed by atoms with Gasteiger partial charge in [0.2, 0.25) is 0 Å². The lowest BCUT2D eigenvalue weighted by atomic mass is 10.1. The van der Waals surface area contributed by atoms with Crippen molar-refractivity contribution in [3.8, 4) is 0 Å². The third-order valence-electron chi connectivity index (χ3n) is 2.59. The normalized spacial score (nSPS) is 10.3. The highest BCUT2D eigenvalue weighted by Gasteiger charge is 2.08. The molecular formula is C13H19NO3. The van der Waals surface area contributed by atoms with Crippen molar-refractivity contribution in [1.82, 2.24) is 0 Å². The van der Waals surface area contributed by atoms with Crippen molar-refractivity contribution in [3.63, 3.8) is 0 Å². The van der Waals surface area contributed by atoms with Gasteiger partial charge in [0.15, 0.2) is 5.78 Å². The van der Waals surface area contributed by atoms with Gasteiger partial charge in [0, 0.05) is 30.8 Å². The number of hydrogen-bond donors (Lipinski definition) is 2. The highest BCUT2D eigenvalue weighted by atomic mass is 16.3. The molecule has 0 fully saturated rings. The number of carbonyl (C=O) groups is 1. The predicted octanol–water partition coefficient (Wildman–Crippen LogP) is 1.07. The number of Topliss-reactive ketones (excluding diaryl/α,β-unsaturated/α-hetero) is 1. The molecule has 0 saturated carbocycles. The van der Waals surface area contributed by atoms with Crippen molar-refractivity contribution in [3.05, 3.63) is 29.8 Å². The summed E-state index contributed by atoms with van der Waals surface area (Å²) in [5.74, 6) is 0.0970. The summed E-state index contributed by atoms with van der Waals surface area (Å²) < 4.78 is 0. The monoisotopic (exact) mass is 237 g/mol. The standard InChI is InChI=1S/C13H19NO3/c1-2-13(17)11-4-3-5-12(10-11)14(6-8-15)7-9-16/h3-5,10,15-16H,2,6-9H2,1H3. The molecule has 0 radical (unpaired) electrons. The number of aliphatic hydroxyl groups excluding tert-OH is 2. The minimum absolute atomic E-state index is 0.0198. The Morgan fingerprint density at radius 2 is 1.88 bits per heavy atom. The van der Waals surface area contributed by atoms with Crippen LogP contribution in [0.15, 0.2) is 24.3 Å². The Kier molecular flexibility index (Phi) is 5.66. The molecule has 0 unspecified atom stereocenters. The molecule has 0 heterocycles. The molecule has 0 aliphatic rings. The Morgan fingerprint density at radius 3 is 2.41 bits per heavy atom. The summed E-state index contributed by atoms with van der Waals surface area (Å²) in [7, 11) is 0. The van der Waals surface area contributed by atoms with E-state index in [0.717, 1.165) is 5.69 Å². The second-order valence-electron chi connectivity index (χ2n) is 3.76. The van der Waals surface area contributed by atoms with Gasteiger partial charge in [0.05, 0.1) is 13.2 Å². The van der Waals surface area contributed by atoms with Crippen molar-refractivity contribution in [2.45, 2.75) is 13.3 Å². The quantitative estimate of drug-likeness (QED) is 0.696. The summed E-state index contributed by atoms with van der Waals surface area (Å²) in [4.78, 5) is 13.4. The van der Waals surface area contributed by atoms with Crippen LogP contribution < -0.4 is 4.90 Å². The first-order valence-electron chi connectivity index (χ1n) is 5.82. The number of aliphatic hydroxyl groups is 2. The minimum Gasteiger partial charge on any atom is -0.395 e. The highest BCUT2D eigenvalue weighted by molar-refractivity contribution is 5.96. The average Bonchev–Trinajstić information content (AvgIpc) is 2.37. The van der Waals surface area contributed by atoms with Crippen LogP contribution in [0, 0.1) is 0 Å². The molecule has 1 aromatic carbocycles. The molecule has 4 heteroatoms. The van der Waals surface area contributed by atoms with Crippen LogP contribution in [0.2, 0.25) is 0 Å². The molecule has 0 aliphatic heterocycles. The molecule has 0 amide bonds. The molecule has 0 bridgehead atoms. The first-order chi connectivity index (χ1) is 8.22. The van der Waals surface area contributed by atoms with Crippen molar-refractivity contribution in [2.24, 2.45) is 0 Å². The van der Waals surface area contributed by atoms with Crippen LogP contribution in [-0.2, 0) is 0 Å². The summed E-state index contributed by atoms with van der Waals surface area (Å²) in [5.41, 5.74) is 1.53. The molecule has 1 rings (SSSR count). The van der Waals surface area contributed by atoms with Crippen molar-refractivity contribution in [1.29, 1.82) is 0 Å². The Bertz CT molecular complexity index is 359. The summed E-state index contributed by atoms with van der Waals surface area (Å²) >= 11 is 0. The zero-order chi connectivity index (χ0) is 12.7. The predicted molar refractivity (Wildman–Crippen MR) is 67.4 cm³/mol. The Labute approximate surface area is 101 Å². The number of nitrogens with zero attached hydrogens (tertiary/aromatic N) is 1. The molecular weight excluding hydrogens is 218 g/mol. The van der Waals surface area contributed by atoms with Crippen LogP contribution in [0.4, 0.5) is 5.69 Å². The molecule has 1 aromatic rings. The lowest BCUT2D eigenvalue weighted by Crippen LogP contribution is -2.29. The zero-order valence-electron chi connectivity index (χ0n) is 10.1. The van der Waals surface area contributed by atoms with Crippen LogP contribution >= 0.6 is 0 Å². The van der Waals surface area contributed by atoms with Crippen LogP contribution in [0.3, 0.4) is 0 Å². The molecule has 94 valence electrons. The molecule has 0 aliphatic carbocycles. The average molecular weight is 237 g/mol. The molecule has 0 atom stereocenters. The van der Waals surface area contributed by atoms with E-state index >= 15 is 0 Å². The Morgan fingerprint density at radius 1 is 1.24 bits per heavy atom. The third kappa shape index (κ3) is 3.84. The number of anilines is 1. The molecule has 0 spiro atoms. The summed E-state index contributed by atoms with van der Waals surface area (Å²) in [6, 6.07) is 7.28. The number of rotatable bonds is 7. The largest absolute Gasteiger partial charge is 0.395 e. The van der Waals surface area contributed by atoms with Gasteiger partial charge in [-0.25, -0.2) is 0 Å². The van der Waals surface area contributed by atoms with E-state index in [1.54, 1.807) is 12.1 Å². The Balaban J connectivity index is 2.91. The van der Waals surface area contributed by atoms with Gasteiger partial charge >= 0.3 is 0 Å². The van der Waals surface area contributed by atoms with Gasteiger partial charge in [-0.05, 0) is 12.1 Å². The van der Waals surface area contributed by atoms with Gasteiger partial charge in [-0.3, -0.25) is 4.79 Å². The van der Waals surface area contributed by atoms with E-state index in [1.165, 1.54) is 0 Å². The van der Waals surface area contributed by atoms with Gasteiger partial charge in [-0.15, -0.1) is 0 Å². The minimum atomic E-state index is 0.0198. The number of ketones is 1. The maximum Gasteiger partial charge on any atom is 0.162 e. The molecule has 0 aromatic heterocycles. The summed E-state index contributed by atoms with van der Waals surface area (Å²) in [5, 5.41) is 17.9. The SMILES string of the molecule is CCC(=O)c1cccc(N(CCO)CCO)c1. The first-order valence-corrected chi connectivity index (χ1v) is 5.82. The lowest BCUT2D eigenvalue weighted by molar-refractivity contribution is 0.0988. The maximum atomic E-state index is 11.6. The third-order valence-corrected chi connectivity index (χ3v) is 2.59. The van der Waals surface area contributed by atoms with Crippen molar-refractivity contribution < 1.29 is 15.0 Å².